The third kappa shape index (κ3) is 3.07. The van der Waals surface area contributed by atoms with Crippen LogP contribution in [0.2, 0.25) is 5.02 Å². The van der Waals surface area contributed by atoms with E-state index in [1.807, 2.05) is 16.9 Å². The molecule has 0 spiro atoms. The van der Waals surface area contributed by atoms with Crippen molar-refractivity contribution in [3.8, 4) is 0 Å². The molecule has 2 heterocycles. The highest BCUT2D eigenvalue weighted by atomic mass is 35.5. The highest BCUT2D eigenvalue weighted by Crippen LogP contribution is 2.22. The molecular formula is C10H13ClN6. The van der Waals surface area contributed by atoms with Gasteiger partial charge in [0.15, 0.2) is 0 Å². The molecule has 0 atom stereocenters. The Morgan fingerprint density at radius 1 is 1.41 bits per heavy atom. The third-order valence-corrected chi connectivity index (χ3v) is 2.60. The van der Waals surface area contributed by atoms with Gasteiger partial charge < -0.3 is 11.1 Å². The number of nitrogen functional groups attached to an aromatic ring is 1. The molecule has 0 aromatic carbocycles. The molecule has 7 heteroatoms. The monoisotopic (exact) mass is 252 g/mol. The molecule has 3 N–H and O–H groups in total. The molecule has 0 aliphatic carbocycles. The van der Waals surface area contributed by atoms with Gasteiger partial charge in [0.25, 0.3) is 0 Å². The topological polar surface area (TPSA) is 81.6 Å². The molecule has 0 aliphatic heterocycles. The molecule has 0 aliphatic rings. The van der Waals surface area contributed by atoms with E-state index < -0.39 is 0 Å². The molecule has 90 valence electrons. The average molecular weight is 253 g/mol. The first-order valence-corrected chi connectivity index (χ1v) is 5.62. The van der Waals surface area contributed by atoms with E-state index in [9.17, 15) is 0 Å². The quantitative estimate of drug-likeness (QED) is 0.787. The number of nitrogens with two attached hydrogens (primary N) is 1. The van der Waals surface area contributed by atoms with Gasteiger partial charge in [0.2, 0.25) is 0 Å². The van der Waals surface area contributed by atoms with Crippen LogP contribution in [0.4, 0.5) is 11.6 Å². The lowest BCUT2D eigenvalue weighted by atomic mass is 10.4. The van der Waals surface area contributed by atoms with Crippen LogP contribution in [0.3, 0.4) is 0 Å². The lowest BCUT2D eigenvalue weighted by Gasteiger charge is -2.07. The van der Waals surface area contributed by atoms with Crippen molar-refractivity contribution in [2.24, 2.45) is 0 Å². The first-order valence-electron chi connectivity index (χ1n) is 5.24. The van der Waals surface area contributed by atoms with E-state index in [1.165, 1.54) is 6.33 Å². The Labute approximate surface area is 104 Å². The van der Waals surface area contributed by atoms with E-state index in [0.29, 0.717) is 10.8 Å². The molecular weight excluding hydrogens is 240 g/mol. The predicted octanol–water partition coefficient (Wildman–Crippen LogP) is 1.41. The van der Waals surface area contributed by atoms with Crippen LogP contribution in [0, 0.1) is 0 Å². The van der Waals surface area contributed by atoms with Crippen molar-refractivity contribution in [3.63, 3.8) is 0 Å². The van der Waals surface area contributed by atoms with Gasteiger partial charge >= 0.3 is 0 Å². The van der Waals surface area contributed by atoms with Crippen LogP contribution in [-0.2, 0) is 6.54 Å². The van der Waals surface area contributed by atoms with Crippen molar-refractivity contribution < 1.29 is 0 Å². The van der Waals surface area contributed by atoms with Gasteiger partial charge in [-0.05, 0) is 12.5 Å². The number of aromatic nitrogens is 4. The minimum atomic E-state index is 0.288. The molecule has 2 aromatic heterocycles. The van der Waals surface area contributed by atoms with Crippen LogP contribution in [0.5, 0.6) is 0 Å². The van der Waals surface area contributed by atoms with Crippen molar-refractivity contribution in [1.29, 1.82) is 0 Å². The predicted molar refractivity (Wildman–Crippen MR) is 66.8 cm³/mol. The summed E-state index contributed by atoms with van der Waals surface area (Å²) in [6.45, 7) is 1.59. The Morgan fingerprint density at radius 3 is 3.06 bits per heavy atom. The summed E-state index contributed by atoms with van der Waals surface area (Å²) in [4.78, 5) is 7.81. The van der Waals surface area contributed by atoms with Gasteiger partial charge in [-0.25, -0.2) is 9.97 Å². The standard InChI is InChI=1S/C10H13ClN6/c11-8-9(12)14-7-15-10(8)13-3-1-5-17-6-2-4-16-17/h2,4,6-7H,1,3,5H2,(H3,12,13,14,15). The van der Waals surface area contributed by atoms with Gasteiger partial charge in [0, 0.05) is 25.5 Å². The second-order valence-corrected chi connectivity index (χ2v) is 3.85. The fourth-order valence-electron chi connectivity index (χ4n) is 1.39. The smallest absolute Gasteiger partial charge is 0.150 e. The van der Waals surface area contributed by atoms with Crippen LogP contribution in [0.25, 0.3) is 0 Å². The van der Waals surface area contributed by atoms with E-state index >= 15 is 0 Å². The van der Waals surface area contributed by atoms with Gasteiger partial charge in [-0.3, -0.25) is 4.68 Å². The summed E-state index contributed by atoms with van der Waals surface area (Å²) in [5, 5.41) is 7.59. The summed E-state index contributed by atoms with van der Waals surface area (Å²) >= 11 is 5.94. The van der Waals surface area contributed by atoms with Gasteiger partial charge in [-0.15, -0.1) is 0 Å². The number of aryl methyl sites for hydroxylation is 1. The molecule has 0 unspecified atom stereocenters. The zero-order valence-electron chi connectivity index (χ0n) is 9.17. The normalized spacial score (nSPS) is 10.4. The zero-order valence-corrected chi connectivity index (χ0v) is 9.93. The van der Waals surface area contributed by atoms with Crippen molar-refractivity contribution in [2.45, 2.75) is 13.0 Å². The number of anilines is 2. The van der Waals surface area contributed by atoms with E-state index in [2.05, 4.69) is 20.4 Å². The van der Waals surface area contributed by atoms with E-state index in [1.54, 1.807) is 6.20 Å². The summed E-state index contributed by atoms with van der Waals surface area (Å²) in [6.07, 6.45) is 5.99. The molecule has 6 nitrogen and oxygen atoms in total. The maximum atomic E-state index is 5.94. The first kappa shape index (κ1) is 11.7. The number of nitrogens with zero attached hydrogens (tertiary/aromatic N) is 4. The number of rotatable bonds is 5. The highest BCUT2D eigenvalue weighted by molar-refractivity contribution is 6.35. The third-order valence-electron chi connectivity index (χ3n) is 2.23. The zero-order chi connectivity index (χ0) is 12.1. The second kappa shape index (κ2) is 5.49. The minimum absolute atomic E-state index is 0.288. The Hall–Kier alpha value is -1.82. The Balaban J connectivity index is 1.80. The number of hydrogen-bond acceptors (Lipinski definition) is 5. The maximum Gasteiger partial charge on any atom is 0.150 e. The van der Waals surface area contributed by atoms with Gasteiger partial charge in [-0.1, -0.05) is 11.6 Å². The van der Waals surface area contributed by atoms with E-state index in [4.69, 9.17) is 17.3 Å². The summed E-state index contributed by atoms with van der Waals surface area (Å²) < 4.78 is 1.87. The van der Waals surface area contributed by atoms with Gasteiger partial charge in [0.05, 0.1) is 0 Å². The maximum absolute atomic E-state index is 5.94. The summed E-state index contributed by atoms with van der Waals surface area (Å²) in [5.41, 5.74) is 5.56. The summed E-state index contributed by atoms with van der Waals surface area (Å²) in [7, 11) is 0. The second-order valence-electron chi connectivity index (χ2n) is 3.47. The average Bonchev–Trinajstić information content (AvgIpc) is 2.83. The van der Waals surface area contributed by atoms with E-state index in [0.717, 1.165) is 19.5 Å². The van der Waals surface area contributed by atoms with Crippen LogP contribution in [-0.4, -0.2) is 26.3 Å². The van der Waals surface area contributed by atoms with Crippen LogP contribution in [0.15, 0.2) is 24.8 Å². The van der Waals surface area contributed by atoms with E-state index in [-0.39, 0.29) is 5.82 Å². The Kier molecular flexibility index (Phi) is 3.77. The van der Waals surface area contributed by atoms with Crippen molar-refractivity contribution in [1.82, 2.24) is 19.7 Å². The molecule has 0 saturated heterocycles. The molecule has 0 amide bonds. The van der Waals surface area contributed by atoms with Gasteiger partial charge in [0.1, 0.15) is 23.0 Å². The summed E-state index contributed by atoms with van der Waals surface area (Å²) in [6, 6.07) is 1.90. The van der Waals surface area contributed by atoms with Crippen LogP contribution in [0.1, 0.15) is 6.42 Å². The fraction of sp³-hybridized carbons (Fsp3) is 0.300. The molecule has 17 heavy (non-hydrogen) atoms. The lowest BCUT2D eigenvalue weighted by Crippen LogP contribution is -2.09. The molecule has 0 fully saturated rings. The Morgan fingerprint density at radius 2 is 2.29 bits per heavy atom. The van der Waals surface area contributed by atoms with Crippen molar-refractivity contribution in [2.75, 3.05) is 17.6 Å². The number of halogens is 1. The van der Waals surface area contributed by atoms with Crippen LogP contribution >= 0.6 is 11.6 Å². The number of nitrogens with one attached hydrogen (secondary N) is 1. The molecule has 0 saturated carbocycles. The molecule has 2 aromatic rings. The molecule has 0 radical (unpaired) electrons. The summed E-state index contributed by atoms with van der Waals surface area (Å²) in [5.74, 6) is 0.857. The highest BCUT2D eigenvalue weighted by Gasteiger charge is 2.04. The SMILES string of the molecule is Nc1ncnc(NCCCn2cccn2)c1Cl. The van der Waals surface area contributed by atoms with Crippen molar-refractivity contribution in [3.05, 3.63) is 29.8 Å². The van der Waals surface area contributed by atoms with Crippen LogP contribution < -0.4 is 11.1 Å². The lowest BCUT2D eigenvalue weighted by molar-refractivity contribution is 0.591. The minimum Gasteiger partial charge on any atom is -0.382 e. The molecule has 2 rings (SSSR count). The van der Waals surface area contributed by atoms with Gasteiger partial charge in [-0.2, -0.15) is 5.10 Å². The first-order chi connectivity index (χ1) is 8.27. The molecule has 0 bridgehead atoms. The van der Waals surface area contributed by atoms with Crippen molar-refractivity contribution >= 4 is 23.2 Å². The Bertz CT molecular complexity index is 470. The number of hydrogen-bond donors (Lipinski definition) is 2. The largest absolute Gasteiger partial charge is 0.382 e. The fourth-order valence-corrected chi connectivity index (χ4v) is 1.55.